The van der Waals surface area contributed by atoms with E-state index in [4.69, 9.17) is 0 Å². The fourth-order valence-electron chi connectivity index (χ4n) is 3.66. The summed E-state index contributed by atoms with van der Waals surface area (Å²) in [6.07, 6.45) is 8.84. The number of rotatable bonds is 2. The van der Waals surface area contributed by atoms with Crippen LogP contribution in [0.4, 0.5) is 0 Å². The van der Waals surface area contributed by atoms with Gasteiger partial charge in [0.25, 0.3) is 5.91 Å². The Morgan fingerprint density at radius 2 is 2.23 bits per heavy atom. The van der Waals surface area contributed by atoms with E-state index >= 15 is 0 Å². The van der Waals surface area contributed by atoms with Crippen LogP contribution in [0.15, 0.2) is 18.3 Å². The van der Waals surface area contributed by atoms with Crippen LogP contribution in [0.1, 0.15) is 57.4 Å². The number of aromatic amines is 1. The Labute approximate surface area is 134 Å². The van der Waals surface area contributed by atoms with E-state index in [1.54, 1.807) is 17.5 Å². The van der Waals surface area contributed by atoms with Crippen LogP contribution in [0.5, 0.6) is 0 Å². The van der Waals surface area contributed by atoms with Crippen molar-refractivity contribution in [3.63, 3.8) is 0 Å². The van der Waals surface area contributed by atoms with Gasteiger partial charge in [0.2, 0.25) is 0 Å². The number of piperidine rings is 1. The molecule has 0 radical (unpaired) electrons. The zero-order chi connectivity index (χ0) is 14.9. The Kier molecular flexibility index (Phi) is 3.74. The molecule has 22 heavy (non-hydrogen) atoms. The second-order valence-corrected chi connectivity index (χ2v) is 7.51. The van der Waals surface area contributed by atoms with Crippen molar-refractivity contribution in [2.24, 2.45) is 0 Å². The van der Waals surface area contributed by atoms with E-state index in [1.807, 2.05) is 11.0 Å². The van der Waals surface area contributed by atoms with Crippen LogP contribution in [-0.2, 0) is 12.8 Å². The molecule has 0 unspecified atom stereocenters. The van der Waals surface area contributed by atoms with Crippen LogP contribution >= 0.6 is 11.3 Å². The molecule has 0 aromatic carbocycles. The van der Waals surface area contributed by atoms with Crippen molar-refractivity contribution in [1.82, 2.24) is 15.1 Å². The molecule has 2 aromatic rings. The Bertz CT molecular complexity index is 638. The third-order valence-electron chi connectivity index (χ3n) is 4.88. The number of nitrogens with zero attached hydrogens (tertiary/aromatic N) is 2. The maximum Gasteiger partial charge on any atom is 0.263 e. The largest absolute Gasteiger partial charge is 0.337 e. The van der Waals surface area contributed by atoms with E-state index in [0.29, 0.717) is 5.92 Å². The maximum atomic E-state index is 12.8. The zero-order valence-corrected chi connectivity index (χ0v) is 13.5. The summed E-state index contributed by atoms with van der Waals surface area (Å²) in [6, 6.07) is 4.18. The summed E-state index contributed by atoms with van der Waals surface area (Å²) in [5.41, 5.74) is 2.57. The molecule has 2 aliphatic rings. The Balaban J connectivity index is 1.51. The minimum absolute atomic E-state index is 0.226. The average Bonchev–Trinajstić information content (AvgIpc) is 3.23. The number of amides is 1. The summed E-state index contributed by atoms with van der Waals surface area (Å²) in [5, 5.41) is 7.10. The van der Waals surface area contributed by atoms with Crippen LogP contribution in [0.2, 0.25) is 0 Å². The van der Waals surface area contributed by atoms with Crippen molar-refractivity contribution in [1.29, 1.82) is 0 Å². The molecule has 0 spiro atoms. The molecule has 1 atom stereocenters. The highest BCUT2D eigenvalue weighted by molar-refractivity contribution is 7.14. The highest BCUT2D eigenvalue weighted by atomic mass is 32.1. The van der Waals surface area contributed by atoms with Crippen molar-refractivity contribution >= 4 is 17.2 Å². The number of aromatic nitrogens is 2. The van der Waals surface area contributed by atoms with Gasteiger partial charge in [-0.2, -0.15) is 5.10 Å². The first-order valence-corrected chi connectivity index (χ1v) is 9.03. The summed E-state index contributed by atoms with van der Waals surface area (Å²) in [5.74, 6) is 0.624. The number of carbonyl (C=O) groups is 1. The predicted molar refractivity (Wildman–Crippen MR) is 87.4 cm³/mol. The molecular weight excluding hydrogens is 294 g/mol. The topological polar surface area (TPSA) is 49.0 Å². The van der Waals surface area contributed by atoms with E-state index in [2.05, 4.69) is 16.3 Å². The van der Waals surface area contributed by atoms with Gasteiger partial charge in [0.05, 0.1) is 4.88 Å². The third-order valence-corrected chi connectivity index (χ3v) is 6.10. The highest BCUT2D eigenvalue weighted by Crippen LogP contribution is 2.32. The summed E-state index contributed by atoms with van der Waals surface area (Å²) in [6.45, 7) is 1.69. The average molecular weight is 315 g/mol. The molecule has 116 valence electrons. The number of thiophene rings is 1. The van der Waals surface area contributed by atoms with Crippen molar-refractivity contribution in [2.75, 3.05) is 13.1 Å². The van der Waals surface area contributed by atoms with Crippen molar-refractivity contribution < 1.29 is 4.79 Å². The third kappa shape index (κ3) is 2.58. The lowest BCUT2D eigenvalue weighted by atomic mass is 9.94. The number of likely N-dealkylation sites (tertiary alicyclic amines) is 1. The molecule has 1 fully saturated rings. The van der Waals surface area contributed by atoms with Crippen LogP contribution in [0.3, 0.4) is 0 Å². The number of aryl methyl sites for hydroxylation is 2. The predicted octanol–water partition coefficient (Wildman–Crippen LogP) is 3.37. The normalized spacial score (nSPS) is 21.6. The maximum absolute atomic E-state index is 12.8. The van der Waals surface area contributed by atoms with Crippen LogP contribution in [0.25, 0.3) is 0 Å². The van der Waals surface area contributed by atoms with Gasteiger partial charge in [-0.1, -0.05) is 0 Å². The second kappa shape index (κ2) is 5.88. The zero-order valence-electron chi connectivity index (χ0n) is 12.7. The SMILES string of the molecule is O=C(c1cc2c(s1)CCCC2)N1CCC[C@@H](c2ccn[nH]2)C1. The molecule has 3 heterocycles. The Hall–Kier alpha value is -1.62. The first-order valence-electron chi connectivity index (χ1n) is 8.21. The smallest absolute Gasteiger partial charge is 0.263 e. The van der Waals surface area contributed by atoms with Gasteiger partial charge in [0, 0.05) is 35.8 Å². The summed E-state index contributed by atoms with van der Waals surface area (Å²) in [7, 11) is 0. The van der Waals surface area contributed by atoms with Gasteiger partial charge in [0.15, 0.2) is 0 Å². The number of hydrogen-bond acceptors (Lipinski definition) is 3. The molecule has 1 amide bonds. The van der Waals surface area contributed by atoms with E-state index in [-0.39, 0.29) is 5.91 Å². The van der Waals surface area contributed by atoms with Crippen LogP contribution < -0.4 is 0 Å². The van der Waals surface area contributed by atoms with Gasteiger partial charge in [0.1, 0.15) is 0 Å². The van der Waals surface area contributed by atoms with Gasteiger partial charge in [-0.25, -0.2) is 0 Å². The van der Waals surface area contributed by atoms with Crippen molar-refractivity contribution in [3.8, 4) is 0 Å². The summed E-state index contributed by atoms with van der Waals surface area (Å²) in [4.78, 5) is 17.3. The lowest BCUT2D eigenvalue weighted by molar-refractivity contribution is 0.0710. The van der Waals surface area contributed by atoms with Gasteiger partial charge in [-0.3, -0.25) is 9.89 Å². The molecule has 0 bridgehead atoms. The number of fused-ring (bicyclic) bond motifs is 1. The number of carbonyl (C=O) groups excluding carboxylic acids is 1. The molecule has 4 rings (SSSR count). The first-order chi connectivity index (χ1) is 10.8. The summed E-state index contributed by atoms with van der Waals surface area (Å²) >= 11 is 1.72. The fourth-order valence-corrected chi connectivity index (χ4v) is 4.88. The minimum Gasteiger partial charge on any atom is -0.337 e. The number of H-pyrrole nitrogens is 1. The van der Waals surface area contributed by atoms with Crippen molar-refractivity contribution in [2.45, 2.75) is 44.4 Å². The molecule has 5 heteroatoms. The van der Waals surface area contributed by atoms with Gasteiger partial charge in [-0.05, 0) is 56.2 Å². The number of nitrogens with one attached hydrogen (secondary N) is 1. The summed E-state index contributed by atoms with van der Waals surface area (Å²) < 4.78 is 0. The monoisotopic (exact) mass is 315 g/mol. The lowest BCUT2D eigenvalue weighted by Crippen LogP contribution is -2.38. The van der Waals surface area contributed by atoms with E-state index in [1.165, 1.54) is 23.3 Å². The molecule has 1 aliphatic heterocycles. The molecule has 1 saturated heterocycles. The molecule has 1 aliphatic carbocycles. The van der Waals surface area contributed by atoms with E-state index in [9.17, 15) is 4.79 Å². The van der Waals surface area contributed by atoms with Crippen LogP contribution in [-0.4, -0.2) is 34.1 Å². The van der Waals surface area contributed by atoms with E-state index < -0.39 is 0 Å². The minimum atomic E-state index is 0.226. The number of hydrogen-bond donors (Lipinski definition) is 1. The van der Waals surface area contributed by atoms with Crippen molar-refractivity contribution in [3.05, 3.63) is 39.3 Å². The fraction of sp³-hybridized carbons (Fsp3) is 0.529. The van der Waals surface area contributed by atoms with Gasteiger partial charge < -0.3 is 4.90 Å². The Morgan fingerprint density at radius 1 is 1.32 bits per heavy atom. The molecule has 0 saturated carbocycles. The Morgan fingerprint density at radius 3 is 3.05 bits per heavy atom. The van der Waals surface area contributed by atoms with Gasteiger partial charge >= 0.3 is 0 Å². The molecular formula is C17H21N3OS. The highest BCUT2D eigenvalue weighted by Gasteiger charge is 2.28. The molecule has 4 nitrogen and oxygen atoms in total. The van der Waals surface area contributed by atoms with Crippen LogP contribution in [0, 0.1) is 0 Å². The standard InChI is InChI=1S/C17H21N3OS/c21-17(16-10-12-4-1-2-6-15(12)22-16)20-9-3-5-13(11-20)14-7-8-18-19-14/h7-8,10,13H,1-6,9,11H2,(H,18,19)/t13-/m1/s1. The quantitative estimate of drug-likeness (QED) is 0.923. The molecule has 1 N–H and O–H groups in total. The first kappa shape index (κ1) is 14.0. The molecule has 2 aromatic heterocycles. The van der Waals surface area contributed by atoms with E-state index in [0.717, 1.165) is 49.3 Å². The van der Waals surface area contributed by atoms with Gasteiger partial charge in [-0.15, -0.1) is 11.3 Å². The second-order valence-electron chi connectivity index (χ2n) is 6.37. The lowest BCUT2D eigenvalue weighted by Gasteiger charge is -2.32.